The average Bonchev–Trinajstić information content (AvgIpc) is 2.30. The summed E-state index contributed by atoms with van der Waals surface area (Å²) >= 11 is 0. The van der Waals surface area contributed by atoms with E-state index in [0.717, 1.165) is 12.2 Å². The molecule has 2 aromatic rings. The predicted octanol–water partition coefficient (Wildman–Crippen LogP) is 3.45. The highest BCUT2D eigenvalue weighted by Crippen LogP contribution is 2.21. The summed E-state index contributed by atoms with van der Waals surface area (Å²) in [7, 11) is 0. The van der Waals surface area contributed by atoms with Gasteiger partial charge in [-0.05, 0) is 6.42 Å². The number of hydrogen-bond donors (Lipinski definition) is 1. The van der Waals surface area contributed by atoms with E-state index < -0.39 is 0 Å². The third-order valence-corrected chi connectivity index (χ3v) is 2.51. The number of rotatable bonds is 4. The first-order chi connectivity index (χ1) is 7.42. The maximum absolute atomic E-state index is 4.23. The largest absolute Gasteiger partial charge is 0.383 e. The Balaban J connectivity index is 2.26. The molecule has 2 rings (SSSR count). The van der Waals surface area contributed by atoms with Crippen LogP contribution < -0.4 is 5.32 Å². The standard InChI is InChI=1S/C13H16N2/c1-2-3-8-15-13-10-14-9-11-6-4-5-7-12(11)13/h4-7,9-10,15H,2-3,8H2,1H3. The summed E-state index contributed by atoms with van der Waals surface area (Å²) in [6.45, 7) is 3.22. The van der Waals surface area contributed by atoms with Crippen molar-refractivity contribution in [1.29, 1.82) is 0 Å². The van der Waals surface area contributed by atoms with Crippen LogP contribution >= 0.6 is 0 Å². The van der Waals surface area contributed by atoms with Crippen LogP contribution in [-0.4, -0.2) is 11.5 Å². The van der Waals surface area contributed by atoms with Gasteiger partial charge in [0.25, 0.3) is 0 Å². The number of nitrogens with zero attached hydrogens (tertiary/aromatic N) is 1. The van der Waals surface area contributed by atoms with Crippen LogP contribution in [-0.2, 0) is 0 Å². The number of pyridine rings is 1. The summed E-state index contributed by atoms with van der Waals surface area (Å²) in [5.41, 5.74) is 1.14. The van der Waals surface area contributed by atoms with Crippen LogP contribution in [0.2, 0.25) is 0 Å². The Kier molecular flexibility index (Phi) is 3.18. The van der Waals surface area contributed by atoms with Crippen LogP contribution in [0.25, 0.3) is 10.8 Å². The van der Waals surface area contributed by atoms with Crippen LogP contribution in [0.15, 0.2) is 36.7 Å². The molecule has 0 saturated heterocycles. The second kappa shape index (κ2) is 4.78. The summed E-state index contributed by atoms with van der Waals surface area (Å²) in [4.78, 5) is 4.23. The molecule has 1 N–H and O–H groups in total. The molecule has 0 bridgehead atoms. The quantitative estimate of drug-likeness (QED) is 0.765. The first kappa shape index (κ1) is 9.97. The van der Waals surface area contributed by atoms with Crippen molar-refractivity contribution in [3.05, 3.63) is 36.7 Å². The molecule has 1 heterocycles. The van der Waals surface area contributed by atoms with E-state index in [1.54, 1.807) is 0 Å². The zero-order valence-corrected chi connectivity index (χ0v) is 9.03. The van der Waals surface area contributed by atoms with E-state index in [1.165, 1.54) is 23.6 Å². The molecule has 0 aliphatic heterocycles. The predicted molar refractivity (Wildman–Crippen MR) is 65.1 cm³/mol. The Bertz CT molecular complexity index is 432. The highest BCUT2D eigenvalue weighted by Gasteiger charge is 1.98. The van der Waals surface area contributed by atoms with Crippen molar-refractivity contribution in [2.24, 2.45) is 0 Å². The molecule has 0 spiro atoms. The topological polar surface area (TPSA) is 24.9 Å². The zero-order chi connectivity index (χ0) is 10.5. The third-order valence-electron chi connectivity index (χ3n) is 2.51. The van der Waals surface area contributed by atoms with Crippen molar-refractivity contribution in [2.75, 3.05) is 11.9 Å². The van der Waals surface area contributed by atoms with Crippen molar-refractivity contribution < 1.29 is 0 Å². The van der Waals surface area contributed by atoms with Crippen molar-refractivity contribution in [3.8, 4) is 0 Å². The number of benzene rings is 1. The van der Waals surface area contributed by atoms with Gasteiger partial charge in [-0.2, -0.15) is 0 Å². The van der Waals surface area contributed by atoms with Gasteiger partial charge in [-0.1, -0.05) is 37.6 Å². The number of fused-ring (bicyclic) bond motifs is 1. The van der Waals surface area contributed by atoms with Gasteiger partial charge in [0.1, 0.15) is 0 Å². The molecule has 0 saturated carbocycles. The molecule has 0 unspecified atom stereocenters. The molecule has 2 heteroatoms. The maximum Gasteiger partial charge on any atom is 0.0606 e. The van der Waals surface area contributed by atoms with Crippen molar-refractivity contribution in [2.45, 2.75) is 19.8 Å². The number of nitrogens with one attached hydrogen (secondary N) is 1. The van der Waals surface area contributed by atoms with Gasteiger partial charge in [0.05, 0.1) is 11.9 Å². The minimum absolute atomic E-state index is 1.02. The lowest BCUT2D eigenvalue weighted by Gasteiger charge is -2.08. The first-order valence-corrected chi connectivity index (χ1v) is 5.48. The van der Waals surface area contributed by atoms with E-state index in [-0.39, 0.29) is 0 Å². The minimum Gasteiger partial charge on any atom is -0.383 e. The molecule has 0 aliphatic rings. The normalized spacial score (nSPS) is 10.5. The minimum atomic E-state index is 1.02. The molecule has 0 amide bonds. The fraction of sp³-hybridized carbons (Fsp3) is 0.308. The number of anilines is 1. The number of unbranched alkanes of at least 4 members (excludes halogenated alkanes) is 1. The summed E-state index contributed by atoms with van der Waals surface area (Å²) in [5, 5.41) is 5.87. The molecule has 1 aromatic heterocycles. The van der Waals surface area contributed by atoms with Gasteiger partial charge < -0.3 is 5.32 Å². The van der Waals surface area contributed by atoms with E-state index in [1.807, 2.05) is 18.5 Å². The first-order valence-electron chi connectivity index (χ1n) is 5.48. The molecule has 78 valence electrons. The van der Waals surface area contributed by atoms with Crippen LogP contribution in [0.1, 0.15) is 19.8 Å². The van der Waals surface area contributed by atoms with Crippen LogP contribution in [0.5, 0.6) is 0 Å². The summed E-state index contributed by atoms with van der Waals surface area (Å²) in [5.74, 6) is 0. The highest BCUT2D eigenvalue weighted by molar-refractivity contribution is 5.92. The van der Waals surface area contributed by atoms with E-state index in [2.05, 4.69) is 35.4 Å². The Morgan fingerprint density at radius 2 is 2.07 bits per heavy atom. The number of aromatic nitrogens is 1. The highest BCUT2D eigenvalue weighted by atomic mass is 14.9. The van der Waals surface area contributed by atoms with Gasteiger partial charge in [-0.25, -0.2) is 0 Å². The molecule has 1 aromatic carbocycles. The van der Waals surface area contributed by atoms with Crippen molar-refractivity contribution in [3.63, 3.8) is 0 Å². The van der Waals surface area contributed by atoms with Gasteiger partial charge in [-0.3, -0.25) is 4.98 Å². The molecule has 2 nitrogen and oxygen atoms in total. The molecular weight excluding hydrogens is 184 g/mol. The molecule has 0 atom stereocenters. The van der Waals surface area contributed by atoms with Gasteiger partial charge in [0, 0.05) is 23.5 Å². The summed E-state index contributed by atoms with van der Waals surface area (Å²) in [6.07, 6.45) is 6.22. The van der Waals surface area contributed by atoms with E-state index in [9.17, 15) is 0 Å². The Labute approximate surface area is 90.3 Å². The molecule has 0 radical (unpaired) electrons. The monoisotopic (exact) mass is 200 g/mol. The molecule has 0 fully saturated rings. The van der Waals surface area contributed by atoms with Gasteiger partial charge in [0.15, 0.2) is 0 Å². The smallest absolute Gasteiger partial charge is 0.0606 e. The van der Waals surface area contributed by atoms with Gasteiger partial charge in [0.2, 0.25) is 0 Å². The fourth-order valence-electron chi connectivity index (χ4n) is 1.66. The molecule has 0 aliphatic carbocycles. The lowest BCUT2D eigenvalue weighted by Crippen LogP contribution is -2.01. The lowest BCUT2D eigenvalue weighted by atomic mass is 10.1. The van der Waals surface area contributed by atoms with Crippen LogP contribution in [0.3, 0.4) is 0 Å². The van der Waals surface area contributed by atoms with Crippen molar-refractivity contribution >= 4 is 16.5 Å². The number of hydrogen-bond acceptors (Lipinski definition) is 2. The van der Waals surface area contributed by atoms with Gasteiger partial charge >= 0.3 is 0 Å². The zero-order valence-electron chi connectivity index (χ0n) is 9.03. The summed E-state index contributed by atoms with van der Waals surface area (Å²) < 4.78 is 0. The van der Waals surface area contributed by atoms with Crippen LogP contribution in [0.4, 0.5) is 5.69 Å². The van der Waals surface area contributed by atoms with Crippen molar-refractivity contribution in [1.82, 2.24) is 4.98 Å². The third kappa shape index (κ3) is 2.27. The van der Waals surface area contributed by atoms with Gasteiger partial charge in [-0.15, -0.1) is 0 Å². The maximum atomic E-state index is 4.23. The van der Waals surface area contributed by atoms with E-state index in [0.29, 0.717) is 0 Å². The Morgan fingerprint density at radius 1 is 1.20 bits per heavy atom. The molecule has 15 heavy (non-hydrogen) atoms. The second-order valence-electron chi connectivity index (χ2n) is 3.69. The Morgan fingerprint density at radius 3 is 2.93 bits per heavy atom. The van der Waals surface area contributed by atoms with E-state index in [4.69, 9.17) is 0 Å². The summed E-state index contributed by atoms with van der Waals surface area (Å²) in [6, 6.07) is 8.33. The Hall–Kier alpha value is -1.57. The second-order valence-corrected chi connectivity index (χ2v) is 3.69. The van der Waals surface area contributed by atoms with E-state index >= 15 is 0 Å². The van der Waals surface area contributed by atoms with Crippen LogP contribution in [0, 0.1) is 0 Å². The SMILES string of the molecule is CCCCNc1cncc2ccccc12. The molecular formula is C13H16N2. The lowest BCUT2D eigenvalue weighted by molar-refractivity contribution is 0.834. The average molecular weight is 200 g/mol. The fourth-order valence-corrected chi connectivity index (χ4v) is 1.66.